The van der Waals surface area contributed by atoms with Crippen molar-refractivity contribution in [3.8, 4) is 0 Å². The largest absolute Gasteiger partial charge is 1.00 e. The van der Waals surface area contributed by atoms with Gasteiger partial charge in [0, 0.05) is 30.5 Å². The number of hydrogen-bond donors (Lipinski definition) is 0. The van der Waals surface area contributed by atoms with Crippen LogP contribution in [-0.4, -0.2) is 36.2 Å². The van der Waals surface area contributed by atoms with Crippen molar-refractivity contribution in [1.29, 1.82) is 0 Å². The van der Waals surface area contributed by atoms with Gasteiger partial charge >= 0.3 is 35.7 Å². The fourth-order valence-electron chi connectivity index (χ4n) is 1.87. The van der Waals surface area contributed by atoms with Crippen molar-refractivity contribution < 1.29 is 49.0 Å². The number of hydrogen-bond acceptors (Lipinski definition) is 4. The number of carbonyl (C=O) groups excluding carboxylic acids is 2. The summed E-state index contributed by atoms with van der Waals surface area (Å²) < 4.78 is 5.22. The molecule has 5 nitrogen and oxygen atoms in total. The van der Waals surface area contributed by atoms with Crippen LogP contribution in [0.5, 0.6) is 0 Å². The van der Waals surface area contributed by atoms with Crippen LogP contribution in [0.25, 0.3) is 0 Å². The number of nitrogens with zero attached hydrogens (tertiary/aromatic N) is 1. The minimum atomic E-state index is -1.18. The normalized spacial score (nSPS) is 12.0. The molecule has 1 aromatic rings. The van der Waals surface area contributed by atoms with Gasteiger partial charge in [-0.05, 0) is 44.9 Å². The zero-order valence-corrected chi connectivity index (χ0v) is 17.0. The van der Waals surface area contributed by atoms with E-state index in [1.54, 1.807) is 52.1 Å². The number of rotatable bonds is 5. The summed E-state index contributed by atoms with van der Waals surface area (Å²) in [6.07, 6.45) is -0.250. The molecule has 0 heterocycles. The zero-order valence-electron chi connectivity index (χ0n) is 14.3. The van der Waals surface area contributed by atoms with E-state index in [1.807, 2.05) is 0 Å². The van der Waals surface area contributed by atoms with Crippen molar-refractivity contribution in [2.24, 2.45) is 0 Å². The standard InChI is InChI=1S/C16H22ClNO4.Na/c1-16(2,3)22-15(21)18(4)10-9-13(14(19)20)11-5-7-12(17)8-6-11;/h5-8,13H,9-10H2,1-4H3,(H,19,20);/q;+1/p-1. The molecule has 0 aliphatic rings. The Balaban J connectivity index is 0.00000484. The van der Waals surface area contributed by atoms with Gasteiger partial charge in [0.05, 0.1) is 0 Å². The Kier molecular flexibility index (Phi) is 9.21. The molecule has 122 valence electrons. The first-order chi connectivity index (χ1) is 10.1. The molecule has 0 saturated heterocycles. The van der Waals surface area contributed by atoms with Crippen molar-refractivity contribution in [2.45, 2.75) is 38.7 Å². The predicted molar refractivity (Wildman–Crippen MR) is 82.7 cm³/mol. The van der Waals surface area contributed by atoms with Crippen LogP contribution in [0.15, 0.2) is 24.3 Å². The molecule has 1 aromatic carbocycles. The molecule has 0 aliphatic heterocycles. The maximum atomic E-state index is 11.8. The van der Waals surface area contributed by atoms with Gasteiger partial charge in [0.25, 0.3) is 0 Å². The van der Waals surface area contributed by atoms with Crippen LogP contribution >= 0.6 is 11.6 Å². The van der Waals surface area contributed by atoms with Crippen molar-refractivity contribution in [3.63, 3.8) is 0 Å². The Bertz CT molecular complexity index is 528. The molecule has 1 rings (SSSR count). The fraction of sp³-hybridized carbons (Fsp3) is 0.500. The van der Waals surface area contributed by atoms with Crippen LogP contribution in [0.4, 0.5) is 4.79 Å². The summed E-state index contributed by atoms with van der Waals surface area (Å²) in [7, 11) is 1.57. The third-order valence-corrected chi connectivity index (χ3v) is 3.27. The fourth-order valence-corrected chi connectivity index (χ4v) is 2.00. The van der Waals surface area contributed by atoms with Gasteiger partial charge < -0.3 is 19.5 Å². The van der Waals surface area contributed by atoms with E-state index in [2.05, 4.69) is 0 Å². The number of carboxylic acid groups (broad SMARTS) is 1. The van der Waals surface area contributed by atoms with Gasteiger partial charge in [0.1, 0.15) is 5.60 Å². The van der Waals surface area contributed by atoms with Gasteiger partial charge in [-0.1, -0.05) is 23.7 Å². The van der Waals surface area contributed by atoms with E-state index < -0.39 is 23.6 Å². The molecule has 1 atom stereocenters. The average molecular weight is 350 g/mol. The van der Waals surface area contributed by atoms with E-state index in [1.165, 1.54) is 4.90 Å². The van der Waals surface area contributed by atoms with Crippen LogP contribution in [0.1, 0.15) is 38.7 Å². The molecular weight excluding hydrogens is 329 g/mol. The summed E-state index contributed by atoms with van der Waals surface area (Å²) in [6, 6.07) is 6.56. The summed E-state index contributed by atoms with van der Waals surface area (Å²) in [5, 5.41) is 11.9. The molecular formula is C16H21ClNNaO4. The Morgan fingerprint density at radius 3 is 2.22 bits per heavy atom. The third-order valence-electron chi connectivity index (χ3n) is 3.02. The summed E-state index contributed by atoms with van der Waals surface area (Å²) in [6.45, 7) is 5.57. The molecule has 0 bridgehead atoms. The number of ether oxygens (including phenoxy) is 1. The van der Waals surface area contributed by atoms with E-state index in [0.717, 1.165) is 0 Å². The monoisotopic (exact) mass is 349 g/mol. The number of amides is 1. The van der Waals surface area contributed by atoms with E-state index in [-0.39, 0.29) is 42.5 Å². The number of benzene rings is 1. The number of halogens is 1. The second kappa shape index (κ2) is 9.52. The molecule has 0 radical (unpaired) electrons. The predicted octanol–water partition coefficient (Wildman–Crippen LogP) is -0.565. The molecule has 7 heteroatoms. The molecule has 0 N–H and O–H groups in total. The number of carbonyl (C=O) groups is 2. The molecule has 1 amide bonds. The van der Waals surface area contributed by atoms with Crippen LogP contribution in [0.2, 0.25) is 5.02 Å². The zero-order chi connectivity index (χ0) is 16.9. The Hall–Kier alpha value is -0.750. The van der Waals surface area contributed by atoms with Crippen LogP contribution in [0, 0.1) is 0 Å². The molecule has 0 fully saturated rings. The maximum Gasteiger partial charge on any atom is 1.00 e. The second-order valence-corrected chi connectivity index (χ2v) is 6.55. The molecule has 0 spiro atoms. The van der Waals surface area contributed by atoms with Gasteiger partial charge in [0.2, 0.25) is 0 Å². The van der Waals surface area contributed by atoms with E-state index in [0.29, 0.717) is 10.6 Å². The van der Waals surface area contributed by atoms with Crippen LogP contribution in [0.3, 0.4) is 0 Å². The van der Waals surface area contributed by atoms with E-state index in [4.69, 9.17) is 16.3 Å². The number of aliphatic carboxylic acids is 1. The second-order valence-electron chi connectivity index (χ2n) is 6.11. The summed E-state index contributed by atoms with van der Waals surface area (Å²) in [5.41, 5.74) is 0.0110. The first-order valence-electron chi connectivity index (χ1n) is 7.00. The first kappa shape index (κ1) is 22.2. The first-order valence-corrected chi connectivity index (χ1v) is 7.38. The maximum absolute atomic E-state index is 11.8. The van der Waals surface area contributed by atoms with Crippen molar-refractivity contribution in [1.82, 2.24) is 4.90 Å². The molecule has 1 unspecified atom stereocenters. The Labute approximate surface area is 164 Å². The van der Waals surface area contributed by atoms with Crippen LogP contribution < -0.4 is 34.7 Å². The van der Waals surface area contributed by atoms with E-state index >= 15 is 0 Å². The smallest absolute Gasteiger partial charge is 0.549 e. The SMILES string of the molecule is CN(CCC(C(=O)[O-])c1ccc(Cl)cc1)C(=O)OC(C)(C)C.[Na+]. The molecule has 0 saturated carbocycles. The topological polar surface area (TPSA) is 69.7 Å². The minimum absolute atomic E-state index is 0. The summed E-state index contributed by atoms with van der Waals surface area (Å²) in [5.74, 6) is -1.98. The molecule has 23 heavy (non-hydrogen) atoms. The van der Waals surface area contributed by atoms with Gasteiger partial charge in [-0.15, -0.1) is 0 Å². The quantitative estimate of drug-likeness (QED) is 0.668. The van der Waals surface area contributed by atoms with Gasteiger partial charge in [0.15, 0.2) is 0 Å². The third kappa shape index (κ3) is 8.06. The van der Waals surface area contributed by atoms with Crippen LogP contribution in [-0.2, 0) is 9.53 Å². The van der Waals surface area contributed by atoms with Crippen molar-refractivity contribution >= 4 is 23.7 Å². The number of carboxylic acids is 1. The van der Waals surface area contributed by atoms with Crippen molar-refractivity contribution in [2.75, 3.05) is 13.6 Å². The average Bonchev–Trinajstić information content (AvgIpc) is 2.38. The van der Waals surface area contributed by atoms with Gasteiger partial charge in [-0.3, -0.25) is 0 Å². The summed E-state index contributed by atoms with van der Waals surface area (Å²) in [4.78, 5) is 24.5. The Morgan fingerprint density at radius 1 is 1.26 bits per heavy atom. The summed E-state index contributed by atoms with van der Waals surface area (Å²) >= 11 is 5.79. The van der Waals surface area contributed by atoms with Gasteiger partial charge in [-0.25, -0.2) is 4.79 Å². The van der Waals surface area contributed by atoms with E-state index in [9.17, 15) is 14.7 Å². The minimum Gasteiger partial charge on any atom is -0.549 e. The van der Waals surface area contributed by atoms with Gasteiger partial charge in [-0.2, -0.15) is 0 Å². The molecule has 0 aliphatic carbocycles. The Morgan fingerprint density at radius 2 is 1.78 bits per heavy atom. The molecule has 0 aromatic heterocycles. The van der Waals surface area contributed by atoms with Crippen molar-refractivity contribution in [3.05, 3.63) is 34.9 Å².